The molecule has 0 saturated heterocycles. The quantitative estimate of drug-likeness (QED) is 0.934. The number of hydrogen-bond donors (Lipinski definition) is 1. The zero-order valence-corrected chi connectivity index (χ0v) is 12.2. The fourth-order valence-corrected chi connectivity index (χ4v) is 2.35. The van der Waals surface area contributed by atoms with Crippen LogP contribution in [0.3, 0.4) is 0 Å². The van der Waals surface area contributed by atoms with Crippen molar-refractivity contribution in [3.63, 3.8) is 0 Å². The molecule has 2 aromatic rings. The predicted molar refractivity (Wildman–Crippen MR) is 78.6 cm³/mol. The van der Waals surface area contributed by atoms with Gasteiger partial charge in [-0.15, -0.1) is 0 Å². The van der Waals surface area contributed by atoms with Gasteiger partial charge in [0.25, 0.3) is 0 Å². The van der Waals surface area contributed by atoms with Crippen LogP contribution in [0.2, 0.25) is 5.02 Å². The number of anilines is 1. The summed E-state index contributed by atoms with van der Waals surface area (Å²) in [5, 5.41) is 5.13. The molecule has 0 aliphatic heterocycles. The number of nitrogen functional groups attached to an aromatic ring is 1. The molecule has 0 aliphatic carbocycles. The topological polar surface area (TPSA) is 53.1 Å². The Kier molecular flexibility index (Phi) is 4.00. The number of rotatable bonds is 4. The standard InChI is InChI=1S/C14H18ClN3O/c1-4-5-11-13(14(16)18(2)17-11)10-8-9(15)6-7-12(10)19-3/h6-8H,4-5,16H2,1-3H3. The molecule has 0 spiro atoms. The maximum absolute atomic E-state index is 6.14. The van der Waals surface area contributed by atoms with E-state index in [0.29, 0.717) is 10.8 Å². The number of nitrogens with two attached hydrogens (primary N) is 1. The molecule has 19 heavy (non-hydrogen) atoms. The Morgan fingerprint density at radius 3 is 2.79 bits per heavy atom. The zero-order chi connectivity index (χ0) is 14.0. The summed E-state index contributed by atoms with van der Waals surface area (Å²) >= 11 is 6.09. The molecule has 0 aliphatic rings. The van der Waals surface area contributed by atoms with E-state index in [1.54, 1.807) is 17.9 Å². The first-order valence-corrected chi connectivity index (χ1v) is 6.61. The van der Waals surface area contributed by atoms with Crippen LogP contribution in [0.5, 0.6) is 5.75 Å². The lowest BCUT2D eigenvalue weighted by atomic mass is 10.0. The Morgan fingerprint density at radius 1 is 1.42 bits per heavy atom. The van der Waals surface area contributed by atoms with Crippen LogP contribution in [0.25, 0.3) is 11.1 Å². The SMILES string of the molecule is CCCc1nn(C)c(N)c1-c1cc(Cl)ccc1OC. The number of methoxy groups -OCH3 is 1. The van der Waals surface area contributed by atoms with Crippen molar-refractivity contribution in [3.8, 4) is 16.9 Å². The van der Waals surface area contributed by atoms with Gasteiger partial charge >= 0.3 is 0 Å². The maximum atomic E-state index is 6.14. The van der Waals surface area contributed by atoms with Crippen molar-refractivity contribution in [3.05, 3.63) is 28.9 Å². The van der Waals surface area contributed by atoms with Gasteiger partial charge < -0.3 is 10.5 Å². The summed E-state index contributed by atoms with van der Waals surface area (Å²) in [5.74, 6) is 1.38. The average molecular weight is 280 g/mol. The Morgan fingerprint density at radius 2 is 2.16 bits per heavy atom. The van der Waals surface area contributed by atoms with Gasteiger partial charge in [-0.2, -0.15) is 5.10 Å². The summed E-state index contributed by atoms with van der Waals surface area (Å²) in [5.41, 5.74) is 8.93. The monoisotopic (exact) mass is 279 g/mol. The minimum atomic E-state index is 0.629. The maximum Gasteiger partial charge on any atom is 0.129 e. The van der Waals surface area contributed by atoms with Crippen molar-refractivity contribution in [2.75, 3.05) is 12.8 Å². The first kappa shape index (κ1) is 13.7. The van der Waals surface area contributed by atoms with E-state index in [2.05, 4.69) is 12.0 Å². The number of benzene rings is 1. The number of halogens is 1. The second kappa shape index (κ2) is 5.53. The van der Waals surface area contributed by atoms with Crippen LogP contribution < -0.4 is 10.5 Å². The lowest BCUT2D eigenvalue weighted by Gasteiger charge is -2.10. The normalized spacial score (nSPS) is 10.7. The molecular formula is C14H18ClN3O. The first-order chi connectivity index (χ1) is 9.08. The summed E-state index contributed by atoms with van der Waals surface area (Å²) in [4.78, 5) is 0. The van der Waals surface area contributed by atoms with Crippen LogP contribution >= 0.6 is 11.6 Å². The van der Waals surface area contributed by atoms with Gasteiger partial charge in [-0.05, 0) is 24.6 Å². The molecule has 0 unspecified atom stereocenters. The number of nitrogens with zero attached hydrogens (tertiary/aromatic N) is 2. The Labute approximate surface area is 118 Å². The molecular weight excluding hydrogens is 262 g/mol. The largest absolute Gasteiger partial charge is 0.496 e. The molecule has 4 nitrogen and oxygen atoms in total. The predicted octanol–water partition coefficient (Wildman–Crippen LogP) is 3.28. The van der Waals surface area contributed by atoms with Gasteiger partial charge in [0.2, 0.25) is 0 Å². The molecule has 0 bridgehead atoms. The first-order valence-electron chi connectivity index (χ1n) is 6.23. The molecule has 0 saturated carbocycles. The van der Waals surface area contributed by atoms with E-state index in [0.717, 1.165) is 35.4 Å². The highest BCUT2D eigenvalue weighted by Crippen LogP contribution is 2.38. The fraction of sp³-hybridized carbons (Fsp3) is 0.357. The third-order valence-electron chi connectivity index (χ3n) is 3.08. The van der Waals surface area contributed by atoms with Gasteiger partial charge in [0.1, 0.15) is 11.6 Å². The van der Waals surface area contributed by atoms with Gasteiger partial charge in [-0.1, -0.05) is 24.9 Å². The molecule has 2 N–H and O–H groups in total. The van der Waals surface area contributed by atoms with E-state index in [1.807, 2.05) is 19.2 Å². The summed E-state index contributed by atoms with van der Waals surface area (Å²) in [6.07, 6.45) is 1.88. The Bertz CT molecular complexity index is 593. The van der Waals surface area contributed by atoms with E-state index in [-0.39, 0.29) is 0 Å². The fourth-order valence-electron chi connectivity index (χ4n) is 2.18. The van der Waals surface area contributed by atoms with E-state index in [4.69, 9.17) is 22.1 Å². The summed E-state index contributed by atoms with van der Waals surface area (Å²) in [7, 11) is 3.48. The van der Waals surface area contributed by atoms with Crippen molar-refractivity contribution >= 4 is 17.4 Å². The third-order valence-corrected chi connectivity index (χ3v) is 3.32. The second-order valence-electron chi connectivity index (χ2n) is 4.43. The lowest BCUT2D eigenvalue weighted by molar-refractivity contribution is 0.416. The van der Waals surface area contributed by atoms with Crippen molar-refractivity contribution in [1.29, 1.82) is 0 Å². The minimum Gasteiger partial charge on any atom is -0.496 e. The van der Waals surface area contributed by atoms with Crippen molar-refractivity contribution in [2.24, 2.45) is 7.05 Å². The molecule has 0 amide bonds. The highest BCUT2D eigenvalue weighted by atomic mass is 35.5. The number of aromatic nitrogens is 2. The van der Waals surface area contributed by atoms with Gasteiger partial charge in [0.15, 0.2) is 0 Å². The van der Waals surface area contributed by atoms with Gasteiger partial charge in [-0.25, -0.2) is 0 Å². The lowest BCUT2D eigenvalue weighted by Crippen LogP contribution is -1.98. The summed E-state index contributed by atoms with van der Waals surface area (Å²) in [6.45, 7) is 2.11. The second-order valence-corrected chi connectivity index (χ2v) is 4.86. The van der Waals surface area contributed by atoms with E-state index in [9.17, 15) is 0 Å². The van der Waals surface area contributed by atoms with Crippen LogP contribution in [0, 0.1) is 0 Å². The van der Waals surface area contributed by atoms with Crippen LogP contribution in [0.4, 0.5) is 5.82 Å². The molecule has 0 atom stereocenters. The molecule has 5 heteroatoms. The smallest absolute Gasteiger partial charge is 0.129 e. The van der Waals surface area contributed by atoms with E-state index in [1.165, 1.54) is 0 Å². The Hall–Kier alpha value is -1.68. The van der Waals surface area contributed by atoms with E-state index < -0.39 is 0 Å². The van der Waals surface area contributed by atoms with Crippen molar-refractivity contribution in [2.45, 2.75) is 19.8 Å². The molecule has 0 fully saturated rings. The molecule has 1 heterocycles. The Balaban J connectivity index is 2.66. The highest BCUT2D eigenvalue weighted by molar-refractivity contribution is 6.31. The van der Waals surface area contributed by atoms with Crippen LogP contribution in [0.15, 0.2) is 18.2 Å². The van der Waals surface area contributed by atoms with Crippen molar-refractivity contribution in [1.82, 2.24) is 9.78 Å². The van der Waals surface area contributed by atoms with Gasteiger partial charge in [-0.3, -0.25) is 4.68 Å². The molecule has 1 aromatic heterocycles. The molecule has 2 rings (SSSR count). The van der Waals surface area contributed by atoms with Crippen LogP contribution in [0.1, 0.15) is 19.0 Å². The van der Waals surface area contributed by atoms with Gasteiger partial charge in [0, 0.05) is 17.6 Å². The zero-order valence-electron chi connectivity index (χ0n) is 11.4. The molecule has 0 radical (unpaired) electrons. The molecule has 1 aromatic carbocycles. The van der Waals surface area contributed by atoms with Gasteiger partial charge in [0.05, 0.1) is 18.4 Å². The minimum absolute atomic E-state index is 0.629. The van der Waals surface area contributed by atoms with Crippen LogP contribution in [-0.2, 0) is 13.5 Å². The highest BCUT2D eigenvalue weighted by Gasteiger charge is 2.18. The van der Waals surface area contributed by atoms with E-state index >= 15 is 0 Å². The summed E-state index contributed by atoms with van der Waals surface area (Å²) in [6, 6.07) is 5.52. The number of aryl methyl sites for hydroxylation is 2. The number of hydrogen-bond acceptors (Lipinski definition) is 3. The summed E-state index contributed by atoms with van der Waals surface area (Å²) < 4.78 is 7.10. The third kappa shape index (κ3) is 2.54. The van der Waals surface area contributed by atoms with Crippen LogP contribution in [-0.4, -0.2) is 16.9 Å². The number of ether oxygens (including phenoxy) is 1. The average Bonchev–Trinajstić information content (AvgIpc) is 2.65. The molecule has 102 valence electrons. The van der Waals surface area contributed by atoms with Crippen molar-refractivity contribution < 1.29 is 4.74 Å².